The lowest BCUT2D eigenvalue weighted by molar-refractivity contribution is -0.131. The monoisotopic (exact) mass is 450 g/mol. The second-order valence-electron chi connectivity index (χ2n) is 5.85. The minimum absolute atomic E-state index is 0.0875. The molecule has 0 saturated carbocycles. The molecule has 2 N–H and O–H groups in total. The predicted octanol–water partition coefficient (Wildman–Crippen LogP) is 3.22. The van der Waals surface area contributed by atoms with E-state index in [9.17, 15) is 9.59 Å². The highest BCUT2D eigenvalue weighted by Crippen LogP contribution is 2.39. The van der Waals surface area contributed by atoms with Crippen LogP contribution in [0.15, 0.2) is 30.3 Å². The molecule has 0 aromatic heterocycles. The average molecular weight is 450 g/mol. The van der Waals surface area contributed by atoms with Crippen LogP contribution in [-0.2, 0) is 4.79 Å². The summed E-state index contributed by atoms with van der Waals surface area (Å²) in [5.41, 5.74) is 0.742. The molecule has 174 valence electrons. The van der Waals surface area contributed by atoms with E-state index in [-0.39, 0.29) is 5.56 Å². The summed E-state index contributed by atoms with van der Waals surface area (Å²) in [6.07, 6.45) is 2.49. The van der Waals surface area contributed by atoms with E-state index in [2.05, 4.69) is 0 Å². The van der Waals surface area contributed by atoms with Crippen molar-refractivity contribution in [3.63, 3.8) is 0 Å². The highest BCUT2D eigenvalue weighted by Gasteiger charge is 2.16. The molecular formula is C22H26O10. The van der Waals surface area contributed by atoms with Gasteiger partial charge in [0.15, 0.2) is 23.0 Å². The normalized spacial score (nSPS) is 9.94. The molecule has 0 aliphatic carbocycles. The van der Waals surface area contributed by atoms with E-state index in [4.69, 9.17) is 38.6 Å². The molecule has 0 radical (unpaired) electrons. The van der Waals surface area contributed by atoms with Crippen LogP contribution < -0.4 is 28.4 Å². The van der Waals surface area contributed by atoms with Crippen LogP contribution in [-0.4, -0.2) is 64.8 Å². The van der Waals surface area contributed by atoms with Crippen LogP contribution in [0.25, 0.3) is 6.08 Å². The predicted molar refractivity (Wildman–Crippen MR) is 116 cm³/mol. The van der Waals surface area contributed by atoms with Crippen molar-refractivity contribution in [2.75, 3.05) is 42.7 Å². The van der Waals surface area contributed by atoms with Gasteiger partial charge in [0.05, 0.1) is 48.2 Å². The van der Waals surface area contributed by atoms with Crippen LogP contribution in [0.1, 0.15) is 15.9 Å². The number of aliphatic carboxylic acids is 1. The number of aromatic carboxylic acids is 1. The van der Waals surface area contributed by atoms with E-state index in [1.165, 1.54) is 60.9 Å². The van der Waals surface area contributed by atoms with E-state index in [1.54, 1.807) is 12.1 Å². The summed E-state index contributed by atoms with van der Waals surface area (Å²) in [5, 5.41) is 17.4. The maximum absolute atomic E-state index is 10.8. The number of benzene rings is 2. The van der Waals surface area contributed by atoms with Gasteiger partial charge < -0.3 is 38.6 Å². The van der Waals surface area contributed by atoms with Crippen molar-refractivity contribution in [3.8, 4) is 34.5 Å². The van der Waals surface area contributed by atoms with E-state index in [0.717, 1.165) is 6.08 Å². The average Bonchev–Trinajstić information content (AvgIpc) is 2.80. The van der Waals surface area contributed by atoms with Crippen molar-refractivity contribution in [1.82, 2.24) is 0 Å². The zero-order chi connectivity index (χ0) is 24.3. The topological polar surface area (TPSA) is 130 Å². The van der Waals surface area contributed by atoms with Crippen molar-refractivity contribution in [3.05, 3.63) is 41.5 Å². The minimum Gasteiger partial charge on any atom is -0.493 e. The van der Waals surface area contributed by atoms with Gasteiger partial charge in [0, 0.05) is 6.08 Å². The van der Waals surface area contributed by atoms with Gasteiger partial charge in [-0.2, -0.15) is 0 Å². The third-order valence-electron chi connectivity index (χ3n) is 4.02. The Labute approximate surface area is 185 Å². The maximum Gasteiger partial charge on any atom is 0.335 e. The summed E-state index contributed by atoms with van der Waals surface area (Å²) in [6.45, 7) is 0. The molecule has 0 bridgehead atoms. The van der Waals surface area contributed by atoms with E-state index >= 15 is 0 Å². The fourth-order valence-electron chi connectivity index (χ4n) is 2.57. The first kappa shape index (κ1) is 26.0. The summed E-state index contributed by atoms with van der Waals surface area (Å²) in [5.74, 6) is 0.415. The van der Waals surface area contributed by atoms with E-state index < -0.39 is 11.9 Å². The first-order chi connectivity index (χ1) is 15.3. The number of hydrogen-bond donors (Lipinski definition) is 2. The summed E-state index contributed by atoms with van der Waals surface area (Å²) < 4.78 is 30.5. The van der Waals surface area contributed by atoms with Crippen LogP contribution in [0, 0.1) is 0 Å². The number of carbonyl (C=O) groups is 2. The van der Waals surface area contributed by atoms with Crippen molar-refractivity contribution in [1.29, 1.82) is 0 Å². The third kappa shape index (κ3) is 6.73. The summed E-state index contributed by atoms with van der Waals surface area (Å²) in [7, 11) is 8.84. The molecule has 2 aromatic carbocycles. The van der Waals surface area contributed by atoms with Gasteiger partial charge in [-0.25, -0.2) is 9.59 Å². The molecule has 0 unspecified atom stereocenters. The van der Waals surface area contributed by atoms with Gasteiger partial charge in [0.25, 0.3) is 0 Å². The van der Waals surface area contributed by atoms with Gasteiger partial charge >= 0.3 is 11.9 Å². The molecule has 0 heterocycles. The van der Waals surface area contributed by atoms with Gasteiger partial charge in [-0.1, -0.05) is 0 Å². The zero-order valence-corrected chi connectivity index (χ0v) is 18.6. The van der Waals surface area contributed by atoms with Crippen LogP contribution in [0.5, 0.6) is 34.5 Å². The number of carboxylic acid groups (broad SMARTS) is 2. The summed E-state index contributed by atoms with van der Waals surface area (Å²) in [4.78, 5) is 21.2. The Morgan fingerprint density at radius 3 is 1.31 bits per heavy atom. The largest absolute Gasteiger partial charge is 0.493 e. The molecular weight excluding hydrogens is 424 g/mol. The van der Waals surface area contributed by atoms with Crippen LogP contribution in [0.4, 0.5) is 0 Å². The first-order valence-electron chi connectivity index (χ1n) is 9.00. The number of rotatable bonds is 9. The fourth-order valence-corrected chi connectivity index (χ4v) is 2.57. The van der Waals surface area contributed by atoms with Gasteiger partial charge in [0.2, 0.25) is 11.5 Å². The number of ether oxygens (including phenoxy) is 6. The molecule has 10 nitrogen and oxygen atoms in total. The van der Waals surface area contributed by atoms with Gasteiger partial charge in [-0.05, 0) is 35.9 Å². The minimum atomic E-state index is -1.05. The highest BCUT2D eigenvalue weighted by molar-refractivity contribution is 5.89. The molecule has 10 heteroatoms. The Morgan fingerprint density at radius 1 is 0.656 bits per heavy atom. The van der Waals surface area contributed by atoms with Crippen LogP contribution >= 0.6 is 0 Å². The zero-order valence-electron chi connectivity index (χ0n) is 18.6. The third-order valence-corrected chi connectivity index (χ3v) is 4.02. The molecule has 32 heavy (non-hydrogen) atoms. The number of hydrogen-bond acceptors (Lipinski definition) is 8. The van der Waals surface area contributed by atoms with Gasteiger partial charge in [-0.3, -0.25) is 0 Å². The molecule has 0 saturated heterocycles. The Kier molecular flexibility index (Phi) is 10.2. The summed E-state index contributed by atoms with van der Waals surface area (Å²) in [6, 6.07) is 6.09. The molecule has 0 spiro atoms. The van der Waals surface area contributed by atoms with Crippen molar-refractivity contribution in [2.24, 2.45) is 0 Å². The molecule has 0 aliphatic rings. The second kappa shape index (κ2) is 12.6. The summed E-state index contributed by atoms with van der Waals surface area (Å²) >= 11 is 0. The molecule has 2 aromatic rings. The quantitative estimate of drug-likeness (QED) is 0.549. The molecule has 2 rings (SSSR count). The Morgan fingerprint density at radius 2 is 1.03 bits per heavy atom. The lowest BCUT2D eigenvalue weighted by Gasteiger charge is -2.12. The van der Waals surface area contributed by atoms with E-state index in [0.29, 0.717) is 40.1 Å². The standard InChI is InChI=1S/C12H14O5.C10H12O5/c1-15-9-6-8(4-5-11(13)14)7-10(16-2)12(9)17-3;1-13-7-4-6(10(11)12)5-8(14-2)9(7)15-3/h4-7H,1-3H3,(H,13,14);4-5H,1-3H3,(H,11,12). The number of carboxylic acids is 2. The molecule has 0 aliphatic heterocycles. The van der Waals surface area contributed by atoms with Gasteiger partial charge in [0.1, 0.15) is 0 Å². The van der Waals surface area contributed by atoms with Crippen LogP contribution in [0.3, 0.4) is 0 Å². The molecule has 0 atom stereocenters. The van der Waals surface area contributed by atoms with Crippen molar-refractivity contribution < 1.29 is 48.2 Å². The Balaban J connectivity index is 0.000000323. The van der Waals surface area contributed by atoms with Crippen LogP contribution in [0.2, 0.25) is 0 Å². The molecule has 0 fully saturated rings. The lowest BCUT2D eigenvalue weighted by Crippen LogP contribution is -2.01. The highest BCUT2D eigenvalue weighted by atomic mass is 16.5. The second-order valence-corrected chi connectivity index (χ2v) is 5.85. The fraction of sp³-hybridized carbons (Fsp3) is 0.273. The maximum atomic E-state index is 10.8. The first-order valence-corrected chi connectivity index (χ1v) is 9.00. The number of methoxy groups -OCH3 is 6. The Hall–Kier alpha value is -4.08. The molecule has 0 amide bonds. The lowest BCUT2D eigenvalue weighted by atomic mass is 10.1. The van der Waals surface area contributed by atoms with Gasteiger partial charge in [-0.15, -0.1) is 0 Å². The smallest absolute Gasteiger partial charge is 0.335 e. The van der Waals surface area contributed by atoms with E-state index in [1.807, 2.05) is 0 Å². The van der Waals surface area contributed by atoms with Crippen molar-refractivity contribution in [2.45, 2.75) is 0 Å². The van der Waals surface area contributed by atoms with Crippen molar-refractivity contribution >= 4 is 18.0 Å². The Bertz CT molecular complexity index is 915. The SMILES string of the molecule is COc1cc(C(=O)O)cc(OC)c1OC.COc1cc(C=CC(=O)O)cc(OC)c1OC.